The molecule has 3 amide bonds. The molecule has 0 aromatic heterocycles. The second-order valence-electron chi connectivity index (χ2n) is 10.1. The third-order valence-electron chi connectivity index (χ3n) is 8.02. The van der Waals surface area contributed by atoms with E-state index in [1.165, 1.54) is 6.92 Å². The molecule has 3 atom stereocenters. The van der Waals surface area contributed by atoms with Crippen molar-refractivity contribution in [2.75, 3.05) is 11.9 Å². The smallest absolute Gasteiger partial charge is 0.329 e. The van der Waals surface area contributed by atoms with Gasteiger partial charge >= 0.3 is 5.97 Å². The number of nitrogens with zero attached hydrogens (tertiary/aromatic N) is 1. The molecule has 1 saturated heterocycles. The number of esters is 1. The van der Waals surface area contributed by atoms with Crippen LogP contribution in [0.4, 0.5) is 5.69 Å². The molecule has 0 unspecified atom stereocenters. The highest BCUT2D eigenvalue weighted by molar-refractivity contribution is 9.10. The Balaban J connectivity index is 1.21. The van der Waals surface area contributed by atoms with E-state index in [1.807, 2.05) is 61.5 Å². The topological polar surface area (TPSA) is 92.8 Å². The molecule has 3 aromatic rings. The van der Waals surface area contributed by atoms with Crippen LogP contribution in [0.25, 0.3) is 0 Å². The molecule has 1 aliphatic heterocycles. The Bertz CT molecular complexity index is 1400. The van der Waals surface area contributed by atoms with Gasteiger partial charge in [-0.1, -0.05) is 64.5 Å². The Labute approximate surface area is 228 Å². The van der Waals surface area contributed by atoms with Crippen molar-refractivity contribution in [1.82, 2.24) is 4.90 Å². The number of ether oxygens (including phenoxy) is 1. The Morgan fingerprint density at radius 2 is 1.39 bits per heavy atom. The van der Waals surface area contributed by atoms with Crippen molar-refractivity contribution in [1.29, 1.82) is 0 Å². The normalized spacial score (nSPS) is 23.4. The number of carbonyl (C=O) groups excluding carboxylic acids is 4. The van der Waals surface area contributed by atoms with E-state index in [2.05, 4.69) is 21.2 Å². The molecule has 0 radical (unpaired) electrons. The van der Waals surface area contributed by atoms with Gasteiger partial charge in [-0.05, 0) is 59.9 Å². The molecule has 7 nitrogen and oxygen atoms in total. The summed E-state index contributed by atoms with van der Waals surface area (Å²) in [5.41, 5.74) is 5.71. The first kappa shape index (κ1) is 24.6. The number of anilines is 1. The summed E-state index contributed by atoms with van der Waals surface area (Å²) in [6.45, 7) is 2.81. The van der Waals surface area contributed by atoms with Crippen LogP contribution in [0.1, 0.15) is 46.6 Å². The minimum absolute atomic E-state index is 0.248. The molecular formula is C30H25BrN2O5. The SMILES string of the molecule is Cc1cc(Br)ccc1NC(=O)COC(=O)[C@H](C)N1C(=O)[C@@H]2C3c4ccccc4C(c4ccccc43)[C@@H]2C1=O. The molecule has 192 valence electrons. The predicted molar refractivity (Wildman–Crippen MR) is 143 cm³/mol. The van der Waals surface area contributed by atoms with E-state index >= 15 is 0 Å². The third-order valence-corrected chi connectivity index (χ3v) is 8.51. The molecule has 2 bridgehead atoms. The Morgan fingerprint density at radius 3 is 1.87 bits per heavy atom. The van der Waals surface area contributed by atoms with Crippen LogP contribution in [0.15, 0.2) is 71.2 Å². The van der Waals surface area contributed by atoms with Crippen molar-refractivity contribution in [2.24, 2.45) is 11.8 Å². The minimum Gasteiger partial charge on any atom is -0.454 e. The molecular weight excluding hydrogens is 548 g/mol. The summed E-state index contributed by atoms with van der Waals surface area (Å²) in [6, 6.07) is 20.2. The molecule has 4 aliphatic rings. The van der Waals surface area contributed by atoms with Crippen molar-refractivity contribution >= 4 is 45.3 Å². The van der Waals surface area contributed by atoms with Gasteiger partial charge in [0, 0.05) is 22.0 Å². The third kappa shape index (κ3) is 3.69. The second-order valence-corrected chi connectivity index (χ2v) is 11.0. The van der Waals surface area contributed by atoms with Crippen LogP contribution in [0.5, 0.6) is 0 Å². The summed E-state index contributed by atoms with van der Waals surface area (Å²) in [4.78, 5) is 54.0. The molecule has 1 heterocycles. The van der Waals surface area contributed by atoms with E-state index in [0.717, 1.165) is 37.2 Å². The number of hydrogen-bond donors (Lipinski definition) is 1. The lowest BCUT2D eigenvalue weighted by molar-refractivity contribution is -0.159. The number of aryl methyl sites for hydroxylation is 1. The lowest BCUT2D eigenvalue weighted by Crippen LogP contribution is -2.45. The molecule has 3 aromatic carbocycles. The number of nitrogens with one attached hydrogen (secondary N) is 1. The Hall–Kier alpha value is -3.78. The number of hydrogen-bond acceptors (Lipinski definition) is 5. The van der Waals surface area contributed by atoms with Gasteiger partial charge in [0.15, 0.2) is 6.61 Å². The maximum Gasteiger partial charge on any atom is 0.329 e. The van der Waals surface area contributed by atoms with E-state index in [1.54, 1.807) is 12.1 Å². The molecule has 38 heavy (non-hydrogen) atoms. The Kier molecular flexibility index (Phi) is 5.94. The van der Waals surface area contributed by atoms with Crippen molar-refractivity contribution < 1.29 is 23.9 Å². The van der Waals surface area contributed by atoms with Crippen LogP contribution in [0.2, 0.25) is 0 Å². The monoisotopic (exact) mass is 572 g/mol. The van der Waals surface area contributed by atoms with Crippen LogP contribution in [0, 0.1) is 18.8 Å². The lowest BCUT2D eigenvalue weighted by Gasteiger charge is -2.45. The number of carbonyl (C=O) groups is 4. The molecule has 3 aliphatic carbocycles. The fourth-order valence-electron chi connectivity index (χ4n) is 6.40. The molecule has 7 rings (SSSR count). The molecule has 0 spiro atoms. The molecule has 1 N–H and O–H groups in total. The van der Waals surface area contributed by atoms with Crippen molar-refractivity contribution in [3.8, 4) is 0 Å². The fourth-order valence-corrected chi connectivity index (χ4v) is 6.87. The maximum atomic E-state index is 13.8. The van der Waals surface area contributed by atoms with E-state index < -0.39 is 36.4 Å². The standard InChI is InChI=1S/C30H25BrN2O5/c1-15-13-17(31)11-12-22(15)32-23(34)14-38-30(37)16(2)33-28(35)26-24-18-7-3-4-8-19(18)25(27(26)29(33)36)21-10-6-5-9-20(21)24/h3-13,16,24-27H,14H2,1-2H3,(H,32,34)/t16-,24?,25?,26-,27+/m0/s1. The molecule has 8 heteroatoms. The average Bonchev–Trinajstić information content (AvgIpc) is 3.18. The number of rotatable bonds is 5. The van der Waals surface area contributed by atoms with E-state index in [9.17, 15) is 19.2 Å². The first-order valence-corrected chi connectivity index (χ1v) is 13.3. The highest BCUT2D eigenvalue weighted by Gasteiger charge is 2.62. The zero-order valence-electron chi connectivity index (χ0n) is 20.8. The van der Waals surface area contributed by atoms with Gasteiger partial charge in [0.25, 0.3) is 5.91 Å². The predicted octanol–water partition coefficient (Wildman–Crippen LogP) is 4.52. The van der Waals surface area contributed by atoms with Crippen molar-refractivity contribution in [3.05, 3.63) is 99.0 Å². The minimum atomic E-state index is -1.14. The van der Waals surface area contributed by atoms with Gasteiger partial charge in [-0.15, -0.1) is 0 Å². The maximum absolute atomic E-state index is 13.8. The summed E-state index contributed by atoms with van der Waals surface area (Å²) in [5, 5.41) is 2.72. The van der Waals surface area contributed by atoms with Crippen molar-refractivity contribution in [3.63, 3.8) is 0 Å². The van der Waals surface area contributed by atoms with Crippen LogP contribution >= 0.6 is 15.9 Å². The molecule has 1 fully saturated rings. The van der Waals surface area contributed by atoms with Crippen LogP contribution in [0.3, 0.4) is 0 Å². The summed E-state index contributed by atoms with van der Waals surface area (Å²) < 4.78 is 6.13. The van der Waals surface area contributed by atoms with Crippen molar-refractivity contribution in [2.45, 2.75) is 31.7 Å². The van der Waals surface area contributed by atoms with E-state index in [4.69, 9.17) is 4.74 Å². The van der Waals surface area contributed by atoms with Crippen LogP contribution in [-0.2, 0) is 23.9 Å². The number of likely N-dealkylation sites (tertiary alicyclic amines) is 1. The number of halogens is 1. The first-order valence-electron chi connectivity index (χ1n) is 12.5. The van der Waals surface area contributed by atoms with Gasteiger partial charge in [0.1, 0.15) is 6.04 Å². The van der Waals surface area contributed by atoms with Crippen LogP contribution < -0.4 is 5.32 Å². The van der Waals surface area contributed by atoms with Gasteiger partial charge in [-0.25, -0.2) is 4.79 Å². The van der Waals surface area contributed by atoms with E-state index in [-0.39, 0.29) is 23.7 Å². The zero-order valence-corrected chi connectivity index (χ0v) is 22.4. The number of imide groups is 1. The largest absolute Gasteiger partial charge is 0.454 e. The fraction of sp³-hybridized carbons (Fsp3) is 0.267. The summed E-state index contributed by atoms with van der Waals surface area (Å²) in [6.07, 6.45) is 0. The summed E-state index contributed by atoms with van der Waals surface area (Å²) in [5.74, 6) is -3.67. The first-order chi connectivity index (χ1) is 18.3. The Morgan fingerprint density at radius 1 is 0.895 bits per heavy atom. The quantitative estimate of drug-likeness (QED) is 0.358. The zero-order chi connectivity index (χ0) is 26.7. The lowest BCUT2D eigenvalue weighted by atomic mass is 9.55. The van der Waals surface area contributed by atoms with E-state index in [0.29, 0.717) is 5.69 Å². The van der Waals surface area contributed by atoms with Gasteiger partial charge < -0.3 is 10.1 Å². The second kappa shape index (κ2) is 9.20. The highest BCUT2D eigenvalue weighted by atomic mass is 79.9. The number of amides is 3. The van der Waals surface area contributed by atoms with Gasteiger partial charge in [-0.3, -0.25) is 19.3 Å². The summed E-state index contributed by atoms with van der Waals surface area (Å²) >= 11 is 3.38. The van der Waals surface area contributed by atoms with Gasteiger partial charge in [0.2, 0.25) is 11.8 Å². The summed E-state index contributed by atoms with van der Waals surface area (Å²) in [7, 11) is 0. The molecule has 0 saturated carbocycles. The van der Waals surface area contributed by atoms with Crippen LogP contribution in [-0.4, -0.2) is 41.2 Å². The number of benzene rings is 3. The average molecular weight is 573 g/mol. The highest BCUT2D eigenvalue weighted by Crippen LogP contribution is 2.61. The van der Waals surface area contributed by atoms with Gasteiger partial charge in [-0.2, -0.15) is 0 Å². The van der Waals surface area contributed by atoms with Gasteiger partial charge in [0.05, 0.1) is 11.8 Å².